The molecule has 1 amide bonds. The van der Waals surface area contributed by atoms with Crippen molar-refractivity contribution in [3.63, 3.8) is 0 Å². The average Bonchev–Trinajstić information content (AvgIpc) is 3.24. The van der Waals surface area contributed by atoms with Gasteiger partial charge in [0.1, 0.15) is 11.5 Å². The summed E-state index contributed by atoms with van der Waals surface area (Å²) in [4.78, 5) is 31.5. The number of benzene rings is 5. The molecule has 0 radical (unpaired) electrons. The summed E-state index contributed by atoms with van der Waals surface area (Å²) in [6.45, 7) is 4.18. The molecule has 6 aromatic rings. The number of carboxylic acid groups (broad SMARTS) is 1. The van der Waals surface area contributed by atoms with Gasteiger partial charge in [-0.2, -0.15) is 0 Å². The van der Waals surface area contributed by atoms with Crippen LogP contribution in [0, 0.1) is 5.92 Å². The summed E-state index contributed by atoms with van der Waals surface area (Å²) in [7, 11) is 0. The number of aliphatic hydroxyl groups is 1. The lowest BCUT2D eigenvalue weighted by Crippen LogP contribution is -2.59. The Bertz CT molecular complexity index is 2370. The highest BCUT2D eigenvalue weighted by atomic mass is 16.5. The second kappa shape index (κ2) is 17.1. The van der Waals surface area contributed by atoms with E-state index in [1.165, 1.54) is 12.1 Å². The van der Waals surface area contributed by atoms with Gasteiger partial charge in [0, 0.05) is 37.5 Å². The molecule has 1 aromatic heterocycles. The number of amides is 1. The number of aromatic amines is 1. The molecule has 3 saturated heterocycles. The monoisotopic (exact) mass is 764 g/mol. The van der Waals surface area contributed by atoms with Crippen LogP contribution >= 0.6 is 0 Å². The van der Waals surface area contributed by atoms with Crippen LogP contribution in [-0.2, 0) is 13.0 Å². The first-order valence-corrected chi connectivity index (χ1v) is 19.7. The number of rotatable bonds is 14. The summed E-state index contributed by atoms with van der Waals surface area (Å²) < 4.78 is 6.29. The molecule has 3 aliphatic heterocycles. The Morgan fingerprint density at radius 1 is 0.842 bits per heavy atom. The smallest absolute Gasteiger partial charge is 0.408 e. The number of nitrogens with zero attached hydrogens (tertiary/aromatic N) is 2. The quantitative estimate of drug-likeness (QED) is 0.0769. The number of hydrogen-bond donors (Lipinski definition) is 5. The van der Waals surface area contributed by atoms with Gasteiger partial charge in [0.05, 0.1) is 30.3 Å². The van der Waals surface area contributed by atoms with E-state index < -0.39 is 18.2 Å². The lowest BCUT2D eigenvalue weighted by Gasteiger charge is -2.50. The molecule has 10 nitrogen and oxygen atoms in total. The number of pyridine rings is 1. The van der Waals surface area contributed by atoms with E-state index in [2.05, 4.69) is 51.6 Å². The zero-order valence-electron chi connectivity index (χ0n) is 31.8. The number of aromatic hydroxyl groups is 1. The molecule has 9 rings (SSSR count). The molecule has 3 aliphatic rings. The van der Waals surface area contributed by atoms with E-state index >= 15 is 0 Å². The minimum Gasteiger partial charge on any atom is -0.506 e. The van der Waals surface area contributed by atoms with Crippen LogP contribution in [0.1, 0.15) is 52.8 Å². The number of H-pyrrole nitrogens is 1. The van der Waals surface area contributed by atoms with Crippen LogP contribution in [0.5, 0.6) is 11.5 Å². The number of phenolic OH excluding ortho intramolecular Hbond substituents is 1. The summed E-state index contributed by atoms with van der Waals surface area (Å²) in [5.41, 5.74) is 6.88. The Morgan fingerprint density at radius 2 is 1.61 bits per heavy atom. The predicted molar refractivity (Wildman–Crippen MR) is 222 cm³/mol. The van der Waals surface area contributed by atoms with E-state index in [1.807, 2.05) is 66.7 Å². The third kappa shape index (κ3) is 8.58. The molecule has 4 heterocycles. The van der Waals surface area contributed by atoms with Crippen molar-refractivity contribution in [3.8, 4) is 22.6 Å². The molecule has 0 aliphatic carbocycles. The normalized spacial score (nSPS) is 18.6. The average molecular weight is 765 g/mol. The molecule has 5 N–H and O–H groups in total. The van der Waals surface area contributed by atoms with Gasteiger partial charge in [-0.15, -0.1) is 0 Å². The van der Waals surface area contributed by atoms with Gasteiger partial charge in [-0.25, -0.2) is 4.79 Å². The maximum Gasteiger partial charge on any atom is 0.408 e. The topological polar surface area (TPSA) is 138 Å². The Kier molecular flexibility index (Phi) is 11.4. The largest absolute Gasteiger partial charge is 0.506 e. The molecule has 57 heavy (non-hydrogen) atoms. The van der Waals surface area contributed by atoms with Crippen molar-refractivity contribution < 1.29 is 24.9 Å². The van der Waals surface area contributed by atoms with Crippen molar-refractivity contribution in [2.45, 2.75) is 44.0 Å². The molecular formula is C47H48N4O6. The SMILES string of the molecule is O=C(O)N(C(c1ccccc1)c1cccc(OCCc2ccc(-c3cccc(CNC[C@H](O)c4ccc(O)c5[nH]c(=O)ccc45)c3)cc2)c1)[C@H]1CN2CCC1CC2. The maximum absolute atomic E-state index is 13.0. The number of phenols is 1. The van der Waals surface area contributed by atoms with Gasteiger partial charge in [0.15, 0.2) is 0 Å². The zero-order valence-corrected chi connectivity index (χ0v) is 31.8. The minimum absolute atomic E-state index is 0.0369. The molecule has 292 valence electrons. The predicted octanol–water partition coefficient (Wildman–Crippen LogP) is 7.51. The number of piperidine rings is 3. The van der Waals surface area contributed by atoms with E-state index in [4.69, 9.17) is 4.74 Å². The Balaban J connectivity index is 0.883. The minimum atomic E-state index is -0.891. The van der Waals surface area contributed by atoms with Gasteiger partial charge in [0.2, 0.25) is 5.56 Å². The fraction of sp³-hybridized carbons (Fsp3) is 0.277. The lowest BCUT2D eigenvalue weighted by atomic mass is 9.81. The molecule has 0 saturated carbocycles. The highest BCUT2D eigenvalue weighted by molar-refractivity contribution is 5.87. The summed E-state index contributed by atoms with van der Waals surface area (Å²) in [5.74, 6) is 1.05. The number of nitrogens with one attached hydrogen (secondary N) is 2. The van der Waals surface area contributed by atoms with Crippen LogP contribution in [0.3, 0.4) is 0 Å². The molecule has 3 atom stereocenters. The van der Waals surface area contributed by atoms with Crippen LogP contribution in [0.25, 0.3) is 22.0 Å². The van der Waals surface area contributed by atoms with Crippen LogP contribution in [-0.4, -0.2) is 75.0 Å². The second-order valence-corrected chi connectivity index (χ2v) is 15.2. The van der Waals surface area contributed by atoms with E-state index in [9.17, 15) is 24.9 Å². The number of aromatic nitrogens is 1. The fourth-order valence-corrected chi connectivity index (χ4v) is 8.64. The number of fused-ring (bicyclic) bond motifs is 4. The van der Waals surface area contributed by atoms with E-state index in [-0.39, 0.29) is 17.4 Å². The zero-order chi connectivity index (χ0) is 39.3. The third-order valence-corrected chi connectivity index (χ3v) is 11.6. The first-order valence-electron chi connectivity index (χ1n) is 19.7. The Morgan fingerprint density at radius 3 is 2.37 bits per heavy atom. The lowest BCUT2D eigenvalue weighted by molar-refractivity contribution is -0.000811. The van der Waals surface area contributed by atoms with Gasteiger partial charge in [-0.3, -0.25) is 9.69 Å². The molecule has 5 aromatic carbocycles. The Labute approximate surface area is 332 Å². The highest BCUT2D eigenvalue weighted by Crippen LogP contribution is 2.39. The number of aliphatic hydroxyl groups excluding tert-OH is 1. The number of carbonyl (C=O) groups is 1. The Hall–Kier alpha value is -5.94. The standard InChI is InChI=1S/C47H48N4O6/c52-42-18-16-39(40-17-19-44(54)49-45(40)42)43(53)29-48-28-32-6-4-9-36(26-32)33-14-12-31(13-15-33)22-25-57-38-11-5-10-37(27-38)46(35-7-2-1-3-8-35)51(47(55)56)41-30-50-23-20-34(41)21-24-50/h1-19,26-27,34,41,43,46,48,52-53H,20-25,28-30H2,(H,49,54)(H,55,56)/t41-,43-,46?/m0/s1. The van der Waals surface area contributed by atoms with Crippen molar-refractivity contribution >= 4 is 17.0 Å². The van der Waals surface area contributed by atoms with Gasteiger partial charge in [-0.1, -0.05) is 91.0 Å². The van der Waals surface area contributed by atoms with Crippen LogP contribution < -0.4 is 15.6 Å². The molecule has 0 spiro atoms. The fourth-order valence-electron chi connectivity index (χ4n) is 8.64. The van der Waals surface area contributed by atoms with Crippen molar-refractivity contribution in [2.75, 3.05) is 32.8 Å². The number of ether oxygens (including phenoxy) is 1. The molecule has 10 heteroatoms. The third-order valence-electron chi connectivity index (χ3n) is 11.6. The van der Waals surface area contributed by atoms with Gasteiger partial charge < -0.3 is 35.3 Å². The van der Waals surface area contributed by atoms with Crippen molar-refractivity contribution in [2.24, 2.45) is 5.92 Å². The summed E-state index contributed by atoms with van der Waals surface area (Å²) in [6, 6.07) is 40.3. The molecular weight excluding hydrogens is 717 g/mol. The summed E-state index contributed by atoms with van der Waals surface area (Å²) in [6.07, 6.45) is 1.05. The molecule has 3 fully saturated rings. The summed E-state index contributed by atoms with van der Waals surface area (Å²) >= 11 is 0. The van der Waals surface area contributed by atoms with E-state index in [0.29, 0.717) is 48.5 Å². The van der Waals surface area contributed by atoms with Crippen LogP contribution in [0.4, 0.5) is 4.79 Å². The van der Waals surface area contributed by atoms with Gasteiger partial charge >= 0.3 is 6.09 Å². The van der Waals surface area contributed by atoms with E-state index in [1.54, 1.807) is 17.0 Å². The second-order valence-electron chi connectivity index (χ2n) is 15.2. The molecule has 2 bridgehead atoms. The van der Waals surface area contributed by atoms with Gasteiger partial charge in [-0.05, 0) is 101 Å². The highest BCUT2D eigenvalue weighted by Gasteiger charge is 2.43. The van der Waals surface area contributed by atoms with Crippen LogP contribution in [0.2, 0.25) is 0 Å². The van der Waals surface area contributed by atoms with E-state index in [0.717, 1.165) is 71.6 Å². The van der Waals surface area contributed by atoms with Crippen molar-refractivity contribution in [1.82, 2.24) is 20.1 Å². The first-order chi connectivity index (χ1) is 27.8. The van der Waals surface area contributed by atoms with Gasteiger partial charge in [0.25, 0.3) is 0 Å². The number of hydrogen-bond acceptors (Lipinski definition) is 7. The van der Waals surface area contributed by atoms with Crippen molar-refractivity contribution in [3.05, 3.63) is 166 Å². The van der Waals surface area contributed by atoms with Crippen LogP contribution in [0.15, 0.2) is 132 Å². The summed E-state index contributed by atoms with van der Waals surface area (Å²) in [5, 5.41) is 35.7. The van der Waals surface area contributed by atoms with Crippen molar-refractivity contribution in [1.29, 1.82) is 0 Å². The first kappa shape index (κ1) is 38.0. The maximum atomic E-state index is 13.0. The molecule has 1 unspecified atom stereocenters.